The van der Waals surface area contributed by atoms with E-state index in [0.717, 1.165) is 6.42 Å². The molecule has 0 saturated heterocycles. The molecular weight excluding hydrogens is 270 g/mol. The van der Waals surface area contributed by atoms with E-state index in [1.807, 2.05) is 31.2 Å². The van der Waals surface area contributed by atoms with Gasteiger partial charge in [0.15, 0.2) is 11.5 Å². The Morgan fingerprint density at radius 1 is 1.19 bits per heavy atom. The Labute approximate surface area is 126 Å². The second-order valence-corrected chi connectivity index (χ2v) is 5.06. The Morgan fingerprint density at radius 2 is 1.76 bits per heavy atom. The Bertz CT molecular complexity index is 450. The summed E-state index contributed by atoms with van der Waals surface area (Å²) in [6.07, 6.45) is 2.30. The number of ether oxygens (including phenoxy) is 2. The van der Waals surface area contributed by atoms with Gasteiger partial charge < -0.3 is 20.3 Å². The number of carboxylic acids is 1. The Kier molecular flexibility index (Phi) is 7.02. The van der Waals surface area contributed by atoms with Gasteiger partial charge >= 0.3 is 5.97 Å². The zero-order chi connectivity index (χ0) is 15.7. The monoisotopic (exact) mass is 295 g/mol. The number of hydrogen-bond acceptors (Lipinski definition) is 4. The third kappa shape index (κ3) is 5.27. The summed E-state index contributed by atoms with van der Waals surface area (Å²) >= 11 is 0. The van der Waals surface area contributed by atoms with Crippen LogP contribution >= 0.6 is 0 Å². The lowest BCUT2D eigenvalue weighted by Crippen LogP contribution is -2.47. The summed E-state index contributed by atoms with van der Waals surface area (Å²) in [5.74, 6) is 0.434. The molecule has 1 atom stereocenters. The smallest absolute Gasteiger partial charge is 0.323 e. The maximum absolute atomic E-state index is 11.1. The van der Waals surface area contributed by atoms with Crippen LogP contribution in [0.4, 0.5) is 0 Å². The Balaban J connectivity index is 2.47. The summed E-state index contributed by atoms with van der Waals surface area (Å²) < 4.78 is 11.3. The van der Waals surface area contributed by atoms with E-state index in [0.29, 0.717) is 44.0 Å². The van der Waals surface area contributed by atoms with Crippen molar-refractivity contribution in [3.05, 3.63) is 24.3 Å². The van der Waals surface area contributed by atoms with E-state index in [4.69, 9.17) is 20.3 Å². The zero-order valence-electron chi connectivity index (χ0n) is 12.8. The largest absolute Gasteiger partial charge is 0.490 e. The van der Waals surface area contributed by atoms with E-state index >= 15 is 0 Å². The Hall–Kier alpha value is -1.75. The van der Waals surface area contributed by atoms with Gasteiger partial charge in [0.2, 0.25) is 0 Å². The molecule has 0 radical (unpaired) electrons. The van der Waals surface area contributed by atoms with Crippen molar-refractivity contribution in [2.75, 3.05) is 13.2 Å². The lowest BCUT2D eigenvalue weighted by atomic mass is 9.92. The summed E-state index contributed by atoms with van der Waals surface area (Å²) in [6.45, 7) is 4.88. The fourth-order valence-electron chi connectivity index (χ4n) is 1.91. The number of carboxylic acid groups (broad SMARTS) is 1. The van der Waals surface area contributed by atoms with Crippen LogP contribution in [0.2, 0.25) is 0 Å². The van der Waals surface area contributed by atoms with Crippen LogP contribution in [-0.2, 0) is 4.79 Å². The van der Waals surface area contributed by atoms with E-state index in [9.17, 15) is 4.79 Å². The summed E-state index contributed by atoms with van der Waals surface area (Å²) in [5, 5.41) is 9.10. The number of benzene rings is 1. The molecule has 0 aliphatic rings. The van der Waals surface area contributed by atoms with Crippen LogP contribution in [0.25, 0.3) is 0 Å². The molecule has 0 aliphatic carbocycles. The second-order valence-electron chi connectivity index (χ2n) is 5.06. The molecule has 1 aromatic rings. The number of aliphatic carboxylic acids is 1. The van der Waals surface area contributed by atoms with Crippen molar-refractivity contribution >= 4 is 5.97 Å². The number of nitrogens with two attached hydrogens (primary N) is 1. The molecule has 0 spiro atoms. The van der Waals surface area contributed by atoms with E-state index in [2.05, 4.69) is 0 Å². The fourth-order valence-corrected chi connectivity index (χ4v) is 1.91. The molecule has 0 aromatic heterocycles. The molecule has 1 rings (SSSR count). The molecule has 0 heterocycles. The minimum atomic E-state index is -1.17. The van der Waals surface area contributed by atoms with E-state index in [1.54, 1.807) is 6.92 Å². The molecule has 5 heteroatoms. The van der Waals surface area contributed by atoms with Gasteiger partial charge in [-0.3, -0.25) is 4.79 Å². The minimum absolute atomic E-state index is 0.386. The van der Waals surface area contributed by atoms with Gasteiger partial charge in [0.05, 0.1) is 13.2 Å². The highest BCUT2D eigenvalue weighted by atomic mass is 16.5. The summed E-state index contributed by atoms with van der Waals surface area (Å²) in [5.41, 5.74) is 4.67. The number of rotatable bonds is 10. The van der Waals surface area contributed by atoms with Crippen LogP contribution in [0.5, 0.6) is 11.5 Å². The maximum Gasteiger partial charge on any atom is 0.323 e. The van der Waals surface area contributed by atoms with E-state index in [-0.39, 0.29) is 0 Å². The highest BCUT2D eigenvalue weighted by molar-refractivity contribution is 5.78. The summed E-state index contributed by atoms with van der Waals surface area (Å²) in [4.78, 5) is 11.1. The minimum Gasteiger partial charge on any atom is -0.490 e. The van der Waals surface area contributed by atoms with Crippen molar-refractivity contribution in [3.63, 3.8) is 0 Å². The van der Waals surface area contributed by atoms with Gasteiger partial charge in [-0.2, -0.15) is 0 Å². The Morgan fingerprint density at radius 3 is 2.24 bits per heavy atom. The molecular formula is C16H25NO4. The normalized spacial score (nSPS) is 13.5. The first-order chi connectivity index (χ1) is 10.0. The fraction of sp³-hybridized carbons (Fsp3) is 0.562. The van der Waals surface area contributed by atoms with Crippen molar-refractivity contribution in [2.45, 2.75) is 45.1 Å². The zero-order valence-corrected chi connectivity index (χ0v) is 12.8. The van der Waals surface area contributed by atoms with Crippen LogP contribution in [0.1, 0.15) is 39.5 Å². The van der Waals surface area contributed by atoms with Crippen molar-refractivity contribution in [1.29, 1.82) is 0 Å². The van der Waals surface area contributed by atoms with Gasteiger partial charge in [0.1, 0.15) is 5.54 Å². The molecule has 0 amide bonds. The summed E-state index contributed by atoms with van der Waals surface area (Å²) in [6, 6.07) is 7.48. The van der Waals surface area contributed by atoms with Crippen molar-refractivity contribution in [3.8, 4) is 11.5 Å². The highest BCUT2D eigenvalue weighted by Crippen LogP contribution is 2.27. The average Bonchev–Trinajstić information content (AvgIpc) is 2.50. The SMILES string of the molecule is CCCOc1ccccc1OCCCC(N)(CC)C(=O)O. The topological polar surface area (TPSA) is 81.8 Å². The first-order valence-corrected chi connectivity index (χ1v) is 7.40. The van der Waals surface area contributed by atoms with E-state index in [1.165, 1.54) is 0 Å². The predicted octanol–water partition coefficient (Wildman–Crippen LogP) is 2.83. The van der Waals surface area contributed by atoms with Gasteiger partial charge in [0, 0.05) is 0 Å². The van der Waals surface area contributed by atoms with Crippen molar-refractivity contribution in [2.24, 2.45) is 5.73 Å². The maximum atomic E-state index is 11.1. The quantitative estimate of drug-likeness (QED) is 0.649. The average molecular weight is 295 g/mol. The number of hydrogen-bond donors (Lipinski definition) is 2. The van der Waals surface area contributed by atoms with Gasteiger partial charge in [0.25, 0.3) is 0 Å². The van der Waals surface area contributed by atoms with Crippen LogP contribution in [0.3, 0.4) is 0 Å². The lowest BCUT2D eigenvalue weighted by Gasteiger charge is -2.22. The molecule has 1 unspecified atom stereocenters. The number of carbonyl (C=O) groups is 1. The van der Waals surface area contributed by atoms with Crippen LogP contribution in [0.15, 0.2) is 24.3 Å². The first-order valence-electron chi connectivity index (χ1n) is 7.40. The molecule has 21 heavy (non-hydrogen) atoms. The number of para-hydroxylation sites is 2. The van der Waals surface area contributed by atoms with Crippen LogP contribution in [0, 0.1) is 0 Å². The van der Waals surface area contributed by atoms with Crippen LogP contribution < -0.4 is 15.2 Å². The molecule has 3 N–H and O–H groups in total. The second kappa shape index (κ2) is 8.52. The summed E-state index contributed by atoms with van der Waals surface area (Å²) in [7, 11) is 0. The van der Waals surface area contributed by atoms with Gasteiger partial charge in [-0.05, 0) is 37.8 Å². The van der Waals surface area contributed by atoms with Crippen LogP contribution in [-0.4, -0.2) is 29.8 Å². The standard InChI is InChI=1S/C16H25NO4/c1-3-11-20-13-8-5-6-9-14(13)21-12-7-10-16(17,4-2)15(18)19/h5-6,8-9H,3-4,7,10-12,17H2,1-2H3,(H,18,19). The first kappa shape index (κ1) is 17.3. The third-order valence-electron chi connectivity index (χ3n) is 3.39. The van der Waals surface area contributed by atoms with E-state index < -0.39 is 11.5 Å². The molecule has 118 valence electrons. The highest BCUT2D eigenvalue weighted by Gasteiger charge is 2.31. The third-order valence-corrected chi connectivity index (χ3v) is 3.39. The van der Waals surface area contributed by atoms with Crippen molar-refractivity contribution in [1.82, 2.24) is 0 Å². The molecule has 0 fully saturated rings. The molecule has 0 bridgehead atoms. The molecule has 1 aromatic carbocycles. The van der Waals surface area contributed by atoms with Gasteiger partial charge in [-0.25, -0.2) is 0 Å². The molecule has 0 saturated carbocycles. The lowest BCUT2D eigenvalue weighted by molar-refractivity contribution is -0.143. The van der Waals surface area contributed by atoms with Crippen molar-refractivity contribution < 1.29 is 19.4 Å². The molecule has 0 aliphatic heterocycles. The van der Waals surface area contributed by atoms with Gasteiger partial charge in [-0.1, -0.05) is 26.0 Å². The van der Waals surface area contributed by atoms with Gasteiger partial charge in [-0.15, -0.1) is 0 Å². The molecule has 5 nitrogen and oxygen atoms in total. The predicted molar refractivity (Wildman–Crippen MR) is 81.8 cm³/mol.